The van der Waals surface area contributed by atoms with Crippen molar-refractivity contribution in [3.05, 3.63) is 57.6 Å². The molecule has 1 aromatic carbocycles. The molecule has 0 radical (unpaired) electrons. The van der Waals surface area contributed by atoms with Crippen molar-refractivity contribution < 1.29 is 4.52 Å². The molecule has 4 nitrogen and oxygen atoms in total. The van der Waals surface area contributed by atoms with Crippen LogP contribution in [0, 0.1) is 0 Å². The predicted octanol–water partition coefficient (Wildman–Crippen LogP) is 5.03. The average molecular weight is 348 g/mol. The van der Waals surface area contributed by atoms with Gasteiger partial charge in [-0.1, -0.05) is 54.0 Å². The van der Waals surface area contributed by atoms with Crippen molar-refractivity contribution in [2.45, 2.75) is 26.4 Å². The topological polar surface area (TPSA) is 42.2 Å². The summed E-state index contributed by atoms with van der Waals surface area (Å²) in [5, 5.41) is 4.10. The Morgan fingerprint density at radius 2 is 2.00 bits per heavy atom. The lowest BCUT2D eigenvalue weighted by atomic mass is 10.2. The van der Waals surface area contributed by atoms with E-state index >= 15 is 0 Å². The lowest BCUT2D eigenvalue weighted by Crippen LogP contribution is -2.26. The van der Waals surface area contributed by atoms with Crippen LogP contribution in [0.1, 0.15) is 30.7 Å². The second-order valence-corrected chi connectivity index (χ2v) is 7.07. The third-order valence-electron chi connectivity index (χ3n) is 3.77. The predicted molar refractivity (Wildman–Crippen MR) is 93.6 cm³/mol. The van der Waals surface area contributed by atoms with Crippen LogP contribution in [-0.4, -0.2) is 21.6 Å². The Kier molecular flexibility index (Phi) is 5.10. The minimum Gasteiger partial charge on any atom is -0.337 e. The van der Waals surface area contributed by atoms with E-state index in [4.69, 9.17) is 16.1 Å². The Morgan fingerprint density at radius 1 is 1.22 bits per heavy atom. The van der Waals surface area contributed by atoms with Crippen molar-refractivity contribution in [3.63, 3.8) is 0 Å². The first-order valence-electron chi connectivity index (χ1n) is 7.54. The standard InChI is InChI=1S/C17H18ClN3OS/c1-3-21(11-14-9-10-15(18)23-14)12(2)17-19-16(20-22-17)13-7-5-4-6-8-13/h4-10,12H,3,11H2,1-2H3. The van der Waals surface area contributed by atoms with E-state index in [1.807, 2.05) is 36.4 Å². The minimum absolute atomic E-state index is 0.0471. The number of benzene rings is 1. The summed E-state index contributed by atoms with van der Waals surface area (Å²) in [6.07, 6.45) is 0. The summed E-state index contributed by atoms with van der Waals surface area (Å²) in [6.45, 7) is 5.92. The second kappa shape index (κ2) is 7.25. The van der Waals surface area contributed by atoms with Gasteiger partial charge in [0, 0.05) is 17.0 Å². The summed E-state index contributed by atoms with van der Waals surface area (Å²) < 4.78 is 6.29. The molecule has 2 aromatic heterocycles. The summed E-state index contributed by atoms with van der Waals surface area (Å²) in [5.74, 6) is 1.26. The van der Waals surface area contributed by atoms with E-state index in [1.54, 1.807) is 11.3 Å². The first kappa shape index (κ1) is 16.2. The van der Waals surface area contributed by atoms with Crippen LogP contribution in [0.2, 0.25) is 4.34 Å². The van der Waals surface area contributed by atoms with Crippen molar-refractivity contribution in [2.75, 3.05) is 6.54 Å². The van der Waals surface area contributed by atoms with Crippen molar-refractivity contribution in [1.29, 1.82) is 0 Å². The van der Waals surface area contributed by atoms with Crippen molar-refractivity contribution in [1.82, 2.24) is 15.0 Å². The maximum absolute atomic E-state index is 6.01. The lowest BCUT2D eigenvalue weighted by Gasteiger charge is -2.24. The molecule has 1 unspecified atom stereocenters. The van der Waals surface area contributed by atoms with E-state index in [9.17, 15) is 0 Å². The third kappa shape index (κ3) is 3.80. The van der Waals surface area contributed by atoms with E-state index in [2.05, 4.69) is 35.0 Å². The molecule has 0 bridgehead atoms. The lowest BCUT2D eigenvalue weighted by molar-refractivity contribution is 0.175. The van der Waals surface area contributed by atoms with Crippen LogP contribution in [0.3, 0.4) is 0 Å². The Morgan fingerprint density at radius 3 is 2.65 bits per heavy atom. The fourth-order valence-electron chi connectivity index (χ4n) is 2.43. The van der Waals surface area contributed by atoms with Gasteiger partial charge in [0.05, 0.1) is 10.4 Å². The molecule has 0 amide bonds. The molecule has 120 valence electrons. The summed E-state index contributed by atoms with van der Waals surface area (Å²) in [4.78, 5) is 8.06. The number of hydrogen-bond acceptors (Lipinski definition) is 5. The third-order valence-corrected chi connectivity index (χ3v) is 4.99. The van der Waals surface area contributed by atoms with Gasteiger partial charge < -0.3 is 4.52 Å². The summed E-state index contributed by atoms with van der Waals surface area (Å²) in [7, 11) is 0. The zero-order chi connectivity index (χ0) is 16.2. The molecule has 3 aromatic rings. The highest BCUT2D eigenvalue weighted by molar-refractivity contribution is 7.16. The fourth-order valence-corrected chi connectivity index (χ4v) is 3.54. The molecular weight excluding hydrogens is 330 g/mol. The first-order chi connectivity index (χ1) is 11.2. The fraction of sp³-hybridized carbons (Fsp3) is 0.294. The van der Waals surface area contributed by atoms with Gasteiger partial charge in [0.2, 0.25) is 11.7 Å². The van der Waals surface area contributed by atoms with Crippen LogP contribution in [0.5, 0.6) is 0 Å². The first-order valence-corrected chi connectivity index (χ1v) is 8.74. The van der Waals surface area contributed by atoms with Gasteiger partial charge in [0.25, 0.3) is 0 Å². The van der Waals surface area contributed by atoms with Gasteiger partial charge in [0.1, 0.15) is 0 Å². The molecule has 2 heterocycles. The van der Waals surface area contributed by atoms with Crippen LogP contribution >= 0.6 is 22.9 Å². The Labute approximate surface area is 144 Å². The number of hydrogen-bond donors (Lipinski definition) is 0. The minimum atomic E-state index is 0.0471. The van der Waals surface area contributed by atoms with Crippen LogP contribution in [0.25, 0.3) is 11.4 Å². The SMILES string of the molecule is CCN(Cc1ccc(Cl)s1)C(C)c1nc(-c2ccccc2)no1. The molecule has 6 heteroatoms. The number of rotatable bonds is 6. The zero-order valence-corrected chi connectivity index (χ0v) is 14.6. The van der Waals surface area contributed by atoms with Crippen LogP contribution < -0.4 is 0 Å². The highest BCUT2D eigenvalue weighted by Gasteiger charge is 2.21. The maximum Gasteiger partial charge on any atom is 0.244 e. The Bertz CT molecular complexity index is 756. The van der Waals surface area contributed by atoms with E-state index < -0.39 is 0 Å². The summed E-state index contributed by atoms with van der Waals surface area (Å²) in [5.41, 5.74) is 0.961. The monoisotopic (exact) mass is 347 g/mol. The molecule has 0 saturated carbocycles. The molecular formula is C17H18ClN3OS. The van der Waals surface area contributed by atoms with Crippen LogP contribution in [0.15, 0.2) is 47.0 Å². The van der Waals surface area contributed by atoms with Gasteiger partial charge >= 0.3 is 0 Å². The molecule has 23 heavy (non-hydrogen) atoms. The van der Waals surface area contributed by atoms with Gasteiger partial charge in [-0.05, 0) is 25.6 Å². The normalized spacial score (nSPS) is 12.7. The van der Waals surface area contributed by atoms with E-state index in [1.165, 1.54) is 4.88 Å². The van der Waals surface area contributed by atoms with E-state index in [0.29, 0.717) is 11.7 Å². The maximum atomic E-state index is 6.01. The highest BCUT2D eigenvalue weighted by Crippen LogP contribution is 2.27. The zero-order valence-electron chi connectivity index (χ0n) is 13.1. The summed E-state index contributed by atoms with van der Waals surface area (Å²) in [6, 6.07) is 13.9. The molecule has 3 rings (SSSR count). The molecule has 0 spiro atoms. The van der Waals surface area contributed by atoms with Gasteiger partial charge in [-0.25, -0.2) is 0 Å². The van der Waals surface area contributed by atoms with Gasteiger partial charge in [-0.2, -0.15) is 4.98 Å². The molecule has 0 aliphatic rings. The van der Waals surface area contributed by atoms with E-state index in [0.717, 1.165) is 23.0 Å². The van der Waals surface area contributed by atoms with Crippen LogP contribution in [-0.2, 0) is 6.54 Å². The number of aromatic nitrogens is 2. The largest absolute Gasteiger partial charge is 0.337 e. The average Bonchev–Trinajstić information content (AvgIpc) is 3.22. The number of halogens is 1. The van der Waals surface area contributed by atoms with Gasteiger partial charge in [-0.3, -0.25) is 4.90 Å². The van der Waals surface area contributed by atoms with Crippen molar-refractivity contribution in [3.8, 4) is 11.4 Å². The molecule has 0 saturated heterocycles. The quantitative estimate of drug-likeness (QED) is 0.626. The highest BCUT2D eigenvalue weighted by atomic mass is 35.5. The van der Waals surface area contributed by atoms with E-state index in [-0.39, 0.29) is 6.04 Å². The van der Waals surface area contributed by atoms with Crippen molar-refractivity contribution in [2.24, 2.45) is 0 Å². The molecule has 1 atom stereocenters. The van der Waals surface area contributed by atoms with Gasteiger partial charge in [0.15, 0.2) is 0 Å². The smallest absolute Gasteiger partial charge is 0.244 e. The Hall–Kier alpha value is -1.69. The van der Waals surface area contributed by atoms with Crippen LogP contribution in [0.4, 0.5) is 0 Å². The van der Waals surface area contributed by atoms with Gasteiger partial charge in [-0.15, -0.1) is 11.3 Å². The molecule has 0 aliphatic carbocycles. The van der Waals surface area contributed by atoms with Crippen molar-refractivity contribution >= 4 is 22.9 Å². The molecule has 0 N–H and O–H groups in total. The Balaban J connectivity index is 1.76. The molecule has 0 aliphatic heterocycles. The number of nitrogens with zero attached hydrogens (tertiary/aromatic N) is 3. The number of thiophene rings is 1. The second-order valence-electron chi connectivity index (χ2n) is 5.27. The summed E-state index contributed by atoms with van der Waals surface area (Å²) >= 11 is 7.62. The molecule has 0 fully saturated rings.